The largest absolute Gasteiger partial charge is 0.462 e. The molecule has 0 aliphatic rings. The summed E-state index contributed by atoms with van der Waals surface area (Å²) in [7, 11) is 0. The van der Waals surface area contributed by atoms with Gasteiger partial charge in [-0.2, -0.15) is 0 Å². The maximum absolute atomic E-state index is 12.2. The number of allylic oxidation sites excluding steroid dienone is 8. The lowest BCUT2D eigenvalue weighted by molar-refractivity contribution is -0.161. The zero-order valence-electron chi connectivity index (χ0n) is 37.9. The first-order valence-corrected chi connectivity index (χ1v) is 24.7. The second kappa shape index (κ2) is 48.2. The summed E-state index contributed by atoms with van der Waals surface area (Å²) in [6.45, 7) is 4.03. The molecule has 1 atom stereocenters. The highest BCUT2D eigenvalue weighted by molar-refractivity contribution is 5.70. The minimum absolute atomic E-state index is 0.0611. The Bertz CT molecular complexity index is 950. The minimum atomic E-state index is -0.766. The first kappa shape index (κ1) is 54.9. The molecule has 0 aromatic rings. The summed E-state index contributed by atoms with van der Waals surface area (Å²) in [4.78, 5) is 24.3. The van der Waals surface area contributed by atoms with E-state index in [1.165, 1.54) is 161 Å². The Kier molecular flexibility index (Phi) is 46.4. The summed E-state index contributed by atoms with van der Waals surface area (Å²) in [5.74, 6) is -0.582. The topological polar surface area (TPSA) is 72.8 Å². The number of hydrogen-bond acceptors (Lipinski definition) is 5. The number of hydrogen-bond donors (Lipinski definition) is 1. The fourth-order valence-corrected chi connectivity index (χ4v) is 7.19. The van der Waals surface area contributed by atoms with Gasteiger partial charge in [0.15, 0.2) is 6.10 Å². The molecule has 332 valence electrons. The molecule has 57 heavy (non-hydrogen) atoms. The number of rotatable bonds is 45. The Morgan fingerprint density at radius 3 is 1.14 bits per heavy atom. The molecule has 5 heteroatoms. The van der Waals surface area contributed by atoms with Crippen molar-refractivity contribution in [2.75, 3.05) is 13.2 Å². The molecule has 0 aliphatic heterocycles. The standard InChI is InChI=1S/C52H94O5/c1-3-5-7-9-11-13-15-16-17-18-19-20-21-22-23-24-25-26-27-28-29-30-31-32-33-34-35-36-37-39-41-43-45-47-52(55)57-50(48-53)49-56-51(54)46-44-42-40-38-14-12-10-8-6-4-2/h5,7,11,13,16-17,19-20,50,53H,3-4,6,8-10,12,14-15,18,21-49H2,1-2H3/b7-5-,13-11-,17-16-,20-19-. The Balaban J connectivity index is 3.40. The molecule has 5 nitrogen and oxygen atoms in total. The van der Waals surface area contributed by atoms with Gasteiger partial charge in [-0.25, -0.2) is 0 Å². The summed E-state index contributed by atoms with van der Waals surface area (Å²) in [6.07, 6.45) is 62.2. The molecule has 0 spiro atoms. The van der Waals surface area contributed by atoms with E-state index in [9.17, 15) is 14.7 Å². The van der Waals surface area contributed by atoms with Gasteiger partial charge in [-0.1, -0.05) is 236 Å². The first-order chi connectivity index (χ1) is 28.1. The van der Waals surface area contributed by atoms with Crippen LogP contribution in [0.2, 0.25) is 0 Å². The Morgan fingerprint density at radius 1 is 0.421 bits per heavy atom. The lowest BCUT2D eigenvalue weighted by Gasteiger charge is -2.15. The van der Waals surface area contributed by atoms with Crippen LogP contribution < -0.4 is 0 Å². The predicted octanol–water partition coefficient (Wildman–Crippen LogP) is 16.1. The number of aliphatic hydroxyl groups excluding tert-OH is 1. The third-order valence-electron chi connectivity index (χ3n) is 10.9. The minimum Gasteiger partial charge on any atom is -0.462 e. The monoisotopic (exact) mass is 799 g/mol. The normalized spacial score (nSPS) is 12.5. The van der Waals surface area contributed by atoms with Crippen LogP contribution in [0.25, 0.3) is 0 Å². The highest BCUT2D eigenvalue weighted by atomic mass is 16.6. The molecule has 0 aliphatic carbocycles. The molecule has 1 unspecified atom stereocenters. The van der Waals surface area contributed by atoms with E-state index >= 15 is 0 Å². The van der Waals surface area contributed by atoms with Crippen molar-refractivity contribution in [1.29, 1.82) is 0 Å². The van der Waals surface area contributed by atoms with Crippen molar-refractivity contribution in [1.82, 2.24) is 0 Å². The lowest BCUT2D eigenvalue weighted by Crippen LogP contribution is -2.28. The maximum atomic E-state index is 12.2. The average molecular weight is 799 g/mol. The van der Waals surface area contributed by atoms with Crippen LogP contribution >= 0.6 is 0 Å². The summed E-state index contributed by atoms with van der Waals surface area (Å²) in [5.41, 5.74) is 0. The van der Waals surface area contributed by atoms with Crippen LogP contribution in [0.1, 0.15) is 251 Å². The molecular formula is C52H94O5. The molecule has 0 heterocycles. The number of esters is 2. The van der Waals surface area contributed by atoms with E-state index in [4.69, 9.17) is 9.47 Å². The fraction of sp³-hybridized carbons (Fsp3) is 0.808. The zero-order valence-corrected chi connectivity index (χ0v) is 37.9. The van der Waals surface area contributed by atoms with Gasteiger partial charge in [0.05, 0.1) is 6.61 Å². The Hall–Kier alpha value is -2.14. The molecule has 0 bridgehead atoms. The van der Waals surface area contributed by atoms with E-state index in [0.717, 1.165) is 64.2 Å². The summed E-state index contributed by atoms with van der Waals surface area (Å²) in [5, 5.41) is 9.57. The number of carbonyl (C=O) groups is 2. The average Bonchev–Trinajstić information content (AvgIpc) is 3.21. The van der Waals surface area contributed by atoms with Gasteiger partial charge >= 0.3 is 11.9 Å². The molecule has 0 saturated carbocycles. The van der Waals surface area contributed by atoms with Gasteiger partial charge < -0.3 is 14.6 Å². The van der Waals surface area contributed by atoms with Crippen LogP contribution in [0.3, 0.4) is 0 Å². The van der Waals surface area contributed by atoms with Crippen LogP contribution in [0.4, 0.5) is 0 Å². The summed E-state index contributed by atoms with van der Waals surface area (Å²) >= 11 is 0. The van der Waals surface area contributed by atoms with Gasteiger partial charge in [-0.3, -0.25) is 9.59 Å². The van der Waals surface area contributed by atoms with Crippen molar-refractivity contribution >= 4 is 11.9 Å². The fourth-order valence-electron chi connectivity index (χ4n) is 7.19. The van der Waals surface area contributed by atoms with Crippen molar-refractivity contribution in [3.05, 3.63) is 48.6 Å². The van der Waals surface area contributed by atoms with Crippen LogP contribution in [0.15, 0.2) is 48.6 Å². The van der Waals surface area contributed by atoms with Crippen molar-refractivity contribution in [2.45, 2.75) is 258 Å². The van der Waals surface area contributed by atoms with Crippen molar-refractivity contribution in [2.24, 2.45) is 0 Å². The van der Waals surface area contributed by atoms with E-state index in [1.54, 1.807) is 0 Å². The van der Waals surface area contributed by atoms with Gasteiger partial charge in [0.1, 0.15) is 6.61 Å². The van der Waals surface area contributed by atoms with Crippen LogP contribution in [-0.2, 0) is 19.1 Å². The predicted molar refractivity (Wildman–Crippen MR) is 247 cm³/mol. The number of ether oxygens (including phenoxy) is 2. The van der Waals surface area contributed by atoms with Crippen LogP contribution in [0, 0.1) is 0 Å². The second-order valence-electron chi connectivity index (χ2n) is 16.5. The summed E-state index contributed by atoms with van der Waals surface area (Å²) in [6, 6.07) is 0. The van der Waals surface area contributed by atoms with Gasteiger partial charge in [0, 0.05) is 12.8 Å². The molecule has 0 aromatic carbocycles. The third-order valence-corrected chi connectivity index (χ3v) is 10.9. The van der Waals surface area contributed by atoms with E-state index in [-0.39, 0.29) is 25.2 Å². The first-order valence-electron chi connectivity index (χ1n) is 24.7. The third kappa shape index (κ3) is 46.4. The van der Waals surface area contributed by atoms with Gasteiger partial charge in [-0.15, -0.1) is 0 Å². The molecule has 0 saturated heterocycles. The molecular weight excluding hydrogens is 705 g/mol. The second-order valence-corrected chi connectivity index (χ2v) is 16.5. The van der Waals surface area contributed by atoms with Gasteiger partial charge in [-0.05, 0) is 51.4 Å². The number of carbonyl (C=O) groups excluding carboxylic acids is 2. The van der Waals surface area contributed by atoms with Gasteiger partial charge in [0.2, 0.25) is 0 Å². The van der Waals surface area contributed by atoms with Crippen LogP contribution in [0.5, 0.6) is 0 Å². The van der Waals surface area contributed by atoms with E-state index in [2.05, 4.69) is 62.5 Å². The molecule has 0 radical (unpaired) electrons. The smallest absolute Gasteiger partial charge is 0.306 e. The maximum Gasteiger partial charge on any atom is 0.306 e. The molecule has 0 aromatic heterocycles. The zero-order chi connectivity index (χ0) is 41.4. The highest BCUT2D eigenvalue weighted by Crippen LogP contribution is 2.16. The highest BCUT2D eigenvalue weighted by Gasteiger charge is 2.16. The van der Waals surface area contributed by atoms with Gasteiger partial charge in [0.25, 0.3) is 0 Å². The quantitative estimate of drug-likeness (QED) is 0.0377. The van der Waals surface area contributed by atoms with Crippen molar-refractivity contribution in [3.8, 4) is 0 Å². The number of aliphatic hydroxyl groups is 1. The van der Waals surface area contributed by atoms with E-state index < -0.39 is 6.10 Å². The lowest BCUT2D eigenvalue weighted by atomic mass is 10.0. The van der Waals surface area contributed by atoms with Crippen molar-refractivity contribution in [3.63, 3.8) is 0 Å². The van der Waals surface area contributed by atoms with E-state index in [1.807, 2.05) is 0 Å². The van der Waals surface area contributed by atoms with E-state index in [0.29, 0.717) is 12.8 Å². The molecule has 0 amide bonds. The summed E-state index contributed by atoms with van der Waals surface area (Å²) < 4.78 is 10.6. The number of unbranched alkanes of at least 4 members (excludes halogenated alkanes) is 29. The Morgan fingerprint density at radius 2 is 0.754 bits per heavy atom. The molecule has 1 N–H and O–H groups in total. The SMILES string of the molecule is CC/C=C\C/C=C\C/C=C\C/C=C\CCCCCCCCCCCCCCCCCCCCCCC(=O)OC(CO)COC(=O)CCCCCCCCCCCC. The van der Waals surface area contributed by atoms with Crippen molar-refractivity contribution < 1.29 is 24.2 Å². The van der Waals surface area contributed by atoms with Crippen LogP contribution in [-0.4, -0.2) is 36.4 Å². The Labute approximate surface area is 354 Å². The molecule has 0 rings (SSSR count). The molecule has 0 fully saturated rings.